The molecule has 3 rings (SSSR count). The highest BCUT2D eigenvalue weighted by molar-refractivity contribution is 9.10. The molecule has 1 amide bonds. The van der Waals surface area contributed by atoms with E-state index in [1.165, 1.54) is 11.3 Å². The number of aromatic nitrogens is 2. The number of amides is 1. The van der Waals surface area contributed by atoms with E-state index in [4.69, 9.17) is 0 Å². The molecule has 5 nitrogen and oxygen atoms in total. The van der Waals surface area contributed by atoms with Gasteiger partial charge in [0.2, 0.25) is 0 Å². The molecule has 7 heteroatoms. The average molecular weight is 403 g/mol. The molecule has 0 fully saturated rings. The largest absolute Gasteiger partial charge is 0.362 e. The van der Waals surface area contributed by atoms with Gasteiger partial charge in [0.05, 0.1) is 10.4 Å². The molecule has 122 valence electrons. The lowest BCUT2D eigenvalue weighted by Gasteiger charge is -2.15. The number of thiazole rings is 1. The highest BCUT2D eigenvalue weighted by atomic mass is 79.9. The number of anilines is 2. The van der Waals surface area contributed by atoms with Crippen molar-refractivity contribution in [1.29, 1.82) is 0 Å². The van der Waals surface area contributed by atoms with Gasteiger partial charge in [-0.2, -0.15) is 0 Å². The lowest BCUT2D eigenvalue weighted by molar-refractivity contribution is 0.102. The smallest absolute Gasteiger partial charge is 0.261 e. The molecular weight excluding hydrogens is 388 g/mol. The first-order valence-corrected chi connectivity index (χ1v) is 8.81. The lowest BCUT2D eigenvalue weighted by Crippen LogP contribution is -2.19. The van der Waals surface area contributed by atoms with E-state index in [2.05, 4.69) is 31.2 Å². The van der Waals surface area contributed by atoms with Gasteiger partial charge in [0.15, 0.2) is 5.13 Å². The summed E-state index contributed by atoms with van der Waals surface area (Å²) in [6.07, 6.45) is 3.44. The van der Waals surface area contributed by atoms with Gasteiger partial charge in [0.25, 0.3) is 5.91 Å². The lowest BCUT2D eigenvalue weighted by atomic mass is 10.2. The van der Waals surface area contributed by atoms with E-state index in [9.17, 15) is 4.79 Å². The zero-order chi connectivity index (χ0) is 17.1. The van der Waals surface area contributed by atoms with E-state index in [-0.39, 0.29) is 5.91 Å². The zero-order valence-corrected chi connectivity index (χ0v) is 15.6. The molecule has 2 heterocycles. The second-order valence-electron chi connectivity index (χ2n) is 5.27. The van der Waals surface area contributed by atoms with Gasteiger partial charge in [0, 0.05) is 31.0 Å². The Hall–Kier alpha value is -2.25. The molecule has 0 atom stereocenters. The monoisotopic (exact) mass is 402 g/mol. The Kier molecular flexibility index (Phi) is 4.92. The van der Waals surface area contributed by atoms with Crippen molar-refractivity contribution in [3.63, 3.8) is 0 Å². The minimum atomic E-state index is -0.235. The topological polar surface area (TPSA) is 58.1 Å². The molecule has 1 N–H and O–H groups in total. The molecule has 0 aliphatic rings. The molecule has 0 spiro atoms. The molecule has 0 bridgehead atoms. The van der Waals surface area contributed by atoms with Crippen LogP contribution in [0, 0.1) is 0 Å². The van der Waals surface area contributed by atoms with Crippen molar-refractivity contribution in [3.05, 3.63) is 58.8 Å². The first-order valence-electron chi connectivity index (χ1n) is 7.20. The number of halogens is 1. The van der Waals surface area contributed by atoms with E-state index in [1.807, 2.05) is 44.4 Å². The van der Waals surface area contributed by atoms with Crippen LogP contribution >= 0.6 is 27.3 Å². The van der Waals surface area contributed by atoms with Gasteiger partial charge in [-0.1, -0.05) is 41.7 Å². The Morgan fingerprint density at radius 3 is 2.62 bits per heavy atom. The van der Waals surface area contributed by atoms with Crippen LogP contribution in [0.15, 0.2) is 53.3 Å². The summed E-state index contributed by atoms with van der Waals surface area (Å²) in [6.45, 7) is 0. The molecule has 0 saturated carbocycles. The van der Waals surface area contributed by atoms with Crippen molar-refractivity contribution in [2.45, 2.75) is 0 Å². The number of carbonyl (C=O) groups is 1. The Balaban J connectivity index is 1.84. The summed E-state index contributed by atoms with van der Waals surface area (Å²) in [4.78, 5) is 24.0. The number of carbonyl (C=O) groups excluding carboxylic acids is 1. The minimum Gasteiger partial charge on any atom is -0.362 e. The van der Waals surface area contributed by atoms with Crippen molar-refractivity contribution in [2.75, 3.05) is 24.3 Å². The van der Waals surface area contributed by atoms with Crippen molar-refractivity contribution < 1.29 is 4.79 Å². The van der Waals surface area contributed by atoms with Crippen LogP contribution in [0.3, 0.4) is 0 Å². The molecule has 1 aromatic carbocycles. The van der Waals surface area contributed by atoms with E-state index in [0.717, 1.165) is 14.9 Å². The number of benzene rings is 1. The van der Waals surface area contributed by atoms with E-state index >= 15 is 0 Å². The quantitative estimate of drug-likeness (QED) is 0.706. The fourth-order valence-electron chi connectivity index (χ4n) is 2.19. The highest BCUT2D eigenvalue weighted by Gasteiger charge is 2.16. The third-order valence-electron chi connectivity index (χ3n) is 3.29. The number of hydrogen-bond donors (Lipinski definition) is 1. The summed E-state index contributed by atoms with van der Waals surface area (Å²) in [7, 11) is 3.70. The summed E-state index contributed by atoms with van der Waals surface area (Å²) in [6, 6.07) is 11.7. The van der Waals surface area contributed by atoms with Crippen molar-refractivity contribution in [1.82, 2.24) is 9.97 Å². The van der Waals surface area contributed by atoms with E-state index in [1.54, 1.807) is 23.4 Å². The summed E-state index contributed by atoms with van der Waals surface area (Å²) in [5.41, 5.74) is 1.57. The zero-order valence-electron chi connectivity index (χ0n) is 13.2. The van der Waals surface area contributed by atoms with Gasteiger partial charge in [-0.25, -0.2) is 9.97 Å². The Bertz CT molecular complexity index is 864. The van der Waals surface area contributed by atoms with Crippen LogP contribution in [0.25, 0.3) is 10.4 Å². The van der Waals surface area contributed by atoms with E-state index < -0.39 is 0 Å². The summed E-state index contributed by atoms with van der Waals surface area (Å²) >= 11 is 4.80. The van der Waals surface area contributed by atoms with Crippen LogP contribution in [-0.2, 0) is 0 Å². The predicted molar refractivity (Wildman–Crippen MR) is 102 cm³/mol. The van der Waals surface area contributed by atoms with Gasteiger partial charge in [-0.3, -0.25) is 10.1 Å². The fourth-order valence-corrected chi connectivity index (χ4v) is 3.34. The van der Waals surface area contributed by atoms with Crippen molar-refractivity contribution in [3.8, 4) is 10.4 Å². The maximum absolute atomic E-state index is 12.6. The molecule has 0 radical (unpaired) electrons. The van der Waals surface area contributed by atoms with Gasteiger partial charge >= 0.3 is 0 Å². The highest BCUT2D eigenvalue weighted by Crippen LogP contribution is 2.29. The normalized spacial score (nSPS) is 10.5. The molecule has 0 unspecified atom stereocenters. The van der Waals surface area contributed by atoms with Gasteiger partial charge in [-0.05, 0) is 27.6 Å². The second kappa shape index (κ2) is 7.11. The molecular formula is C17H15BrN4OS. The van der Waals surface area contributed by atoms with Crippen LogP contribution in [0.5, 0.6) is 0 Å². The Morgan fingerprint density at radius 1 is 1.17 bits per heavy atom. The van der Waals surface area contributed by atoms with Gasteiger partial charge in [-0.15, -0.1) is 0 Å². The molecule has 0 aliphatic carbocycles. The maximum atomic E-state index is 12.6. The fraction of sp³-hybridized carbons (Fsp3) is 0.118. The van der Waals surface area contributed by atoms with Crippen LogP contribution in [0.1, 0.15) is 10.4 Å². The molecule has 0 aliphatic heterocycles. The molecule has 0 saturated heterocycles. The Morgan fingerprint density at radius 2 is 1.92 bits per heavy atom. The van der Waals surface area contributed by atoms with Crippen LogP contribution in [-0.4, -0.2) is 30.0 Å². The Labute approximate surface area is 152 Å². The number of nitrogens with zero attached hydrogens (tertiary/aromatic N) is 3. The number of hydrogen-bond acceptors (Lipinski definition) is 5. The number of rotatable bonds is 4. The first-order chi connectivity index (χ1) is 11.5. The third-order valence-corrected chi connectivity index (χ3v) is 4.68. The third kappa shape index (κ3) is 3.63. The van der Waals surface area contributed by atoms with Crippen molar-refractivity contribution in [2.24, 2.45) is 0 Å². The summed E-state index contributed by atoms with van der Waals surface area (Å²) in [5, 5.41) is 3.41. The first kappa shape index (κ1) is 16.6. The van der Waals surface area contributed by atoms with E-state index in [0.29, 0.717) is 16.5 Å². The predicted octanol–water partition coefficient (Wildman–Crippen LogP) is 4.29. The SMILES string of the molecule is CN(C)c1ncc(Br)cc1C(=O)Nc1ncc(-c2ccccc2)s1. The van der Waals surface area contributed by atoms with Gasteiger partial charge in [0.1, 0.15) is 5.82 Å². The second-order valence-corrected chi connectivity index (χ2v) is 7.22. The van der Waals surface area contributed by atoms with Crippen molar-refractivity contribution >= 4 is 44.1 Å². The molecule has 3 aromatic rings. The molecule has 2 aromatic heterocycles. The summed E-state index contributed by atoms with van der Waals surface area (Å²) in [5.74, 6) is 0.372. The van der Waals surface area contributed by atoms with Crippen LogP contribution < -0.4 is 10.2 Å². The average Bonchev–Trinajstić information content (AvgIpc) is 3.03. The molecule has 24 heavy (non-hydrogen) atoms. The maximum Gasteiger partial charge on any atom is 0.261 e. The number of pyridine rings is 1. The minimum absolute atomic E-state index is 0.235. The van der Waals surface area contributed by atoms with Crippen LogP contribution in [0.4, 0.5) is 10.9 Å². The van der Waals surface area contributed by atoms with Crippen LogP contribution in [0.2, 0.25) is 0 Å². The standard InChI is InChI=1S/C17H15BrN4OS/c1-22(2)15-13(8-12(18)9-19-15)16(23)21-17-20-10-14(24-17)11-6-4-3-5-7-11/h3-10H,1-2H3,(H,20,21,23). The van der Waals surface area contributed by atoms with Gasteiger partial charge < -0.3 is 4.90 Å². The summed E-state index contributed by atoms with van der Waals surface area (Å²) < 4.78 is 0.752. The number of nitrogens with one attached hydrogen (secondary N) is 1.